The third-order valence-corrected chi connectivity index (χ3v) is 4.26. The Labute approximate surface area is 171 Å². The minimum absolute atomic E-state index is 0.0274. The third-order valence-electron chi connectivity index (χ3n) is 4.26. The number of amides is 2. The quantitative estimate of drug-likeness (QED) is 0.674. The minimum atomic E-state index is -4.50. The first-order chi connectivity index (χ1) is 14.1. The molecule has 0 aliphatic carbocycles. The molecular formula is C20H22F3N3O4. The van der Waals surface area contributed by atoms with E-state index in [4.69, 9.17) is 15.2 Å². The van der Waals surface area contributed by atoms with Crippen LogP contribution in [-0.4, -0.2) is 30.5 Å². The fourth-order valence-corrected chi connectivity index (χ4v) is 2.65. The molecule has 0 saturated heterocycles. The number of nitrogens with zero attached hydrogens (tertiary/aromatic N) is 1. The van der Waals surface area contributed by atoms with Crippen LogP contribution in [0.25, 0.3) is 0 Å². The standard InChI is InChI=1S/C20H22F3N3O4/c1-4-17(27)26-19-12(9-14(18(24)28)11(2)25-19)7-8-30-15-6-5-13(20(21,22)23)10-16(15)29-3/h5-6,9-10H,4,7-8H2,1-3H3,(H2,24,28)(H,25,26,27). The average Bonchev–Trinajstić information content (AvgIpc) is 2.68. The van der Waals surface area contributed by atoms with Gasteiger partial charge in [-0.3, -0.25) is 9.59 Å². The SMILES string of the molecule is CCC(=O)Nc1nc(C)c(C(N)=O)cc1CCOc1ccc(C(F)(F)F)cc1OC. The van der Waals surface area contributed by atoms with Gasteiger partial charge in [0.1, 0.15) is 5.82 Å². The molecule has 0 aliphatic rings. The number of nitrogens with two attached hydrogens (primary N) is 1. The maximum absolute atomic E-state index is 12.8. The van der Waals surface area contributed by atoms with Crippen LogP contribution in [0.5, 0.6) is 11.5 Å². The Balaban J connectivity index is 2.23. The predicted molar refractivity (Wildman–Crippen MR) is 104 cm³/mol. The molecular weight excluding hydrogens is 403 g/mol. The van der Waals surface area contributed by atoms with E-state index < -0.39 is 17.6 Å². The van der Waals surface area contributed by atoms with Crippen LogP contribution < -0.4 is 20.5 Å². The number of halogens is 3. The number of anilines is 1. The number of hydrogen-bond acceptors (Lipinski definition) is 5. The first-order valence-corrected chi connectivity index (χ1v) is 9.05. The predicted octanol–water partition coefficient (Wildman–Crippen LogP) is 3.49. The van der Waals surface area contributed by atoms with E-state index in [1.54, 1.807) is 13.8 Å². The number of methoxy groups -OCH3 is 1. The molecule has 1 aromatic heterocycles. The fourth-order valence-electron chi connectivity index (χ4n) is 2.65. The van der Waals surface area contributed by atoms with Gasteiger partial charge in [0.15, 0.2) is 11.5 Å². The van der Waals surface area contributed by atoms with Gasteiger partial charge in [-0.2, -0.15) is 13.2 Å². The highest BCUT2D eigenvalue weighted by atomic mass is 19.4. The summed E-state index contributed by atoms with van der Waals surface area (Å²) in [5, 5.41) is 2.66. The molecule has 30 heavy (non-hydrogen) atoms. The second-order valence-corrected chi connectivity index (χ2v) is 6.36. The zero-order valence-electron chi connectivity index (χ0n) is 16.7. The van der Waals surface area contributed by atoms with Gasteiger partial charge in [0.05, 0.1) is 30.5 Å². The summed E-state index contributed by atoms with van der Waals surface area (Å²) in [6.07, 6.45) is -4.06. The molecule has 0 spiro atoms. The molecule has 0 aliphatic heterocycles. The number of nitrogens with one attached hydrogen (secondary N) is 1. The Hall–Kier alpha value is -3.30. The molecule has 1 heterocycles. The lowest BCUT2D eigenvalue weighted by molar-refractivity contribution is -0.137. The Morgan fingerprint density at radius 1 is 1.20 bits per heavy atom. The number of carbonyl (C=O) groups is 2. The summed E-state index contributed by atoms with van der Waals surface area (Å²) in [6.45, 7) is 3.30. The second-order valence-electron chi connectivity index (χ2n) is 6.36. The molecule has 3 N–H and O–H groups in total. The van der Waals surface area contributed by atoms with Crippen LogP contribution in [0.1, 0.15) is 40.5 Å². The molecule has 0 saturated carbocycles. The Kier molecular flexibility index (Phi) is 7.25. The van der Waals surface area contributed by atoms with Gasteiger partial charge in [0, 0.05) is 12.8 Å². The lowest BCUT2D eigenvalue weighted by Gasteiger charge is -2.15. The van der Waals surface area contributed by atoms with Crippen molar-refractivity contribution in [2.45, 2.75) is 32.9 Å². The van der Waals surface area contributed by atoms with Gasteiger partial charge in [0.2, 0.25) is 5.91 Å². The number of primary amides is 1. The van der Waals surface area contributed by atoms with Crippen molar-refractivity contribution in [3.8, 4) is 11.5 Å². The highest BCUT2D eigenvalue weighted by Crippen LogP contribution is 2.36. The van der Waals surface area contributed by atoms with Crippen molar-refractivity contribution in [1.82, 2.24) is 4.98 Å². The molecule has 0 bridgehead atoms. The number of alkyl halides is 3. The highest BCUT2D eigenvalue weighted by Gasteiger charge is 2.31. The summed E-state index contributed by atoms with van der Waals surface area (Å²) in [7, 11) is 1.24. The number of carbonyl (C=O) groups excluding carboxylic acids is 2. The van der Waals surface area contributed by atoms with E-state index in [0.717, 1.165) is 12.1 Å². The van der Waals surface area contributed by atoms with Crippen LogP contribution in [0.3, 0.4) is 0 Å². The number of aromatic nitrogens is 1. The Morgan fingerprint density at radius 3 is 2.47 bits per heavy atom. The fraction of sp³-hybridized carbons (Fsp3) is 0.350. The Bertz CT molecular complexity index is 946. The summed E-state index contributed by atoms with van der Waals surface area (Å²) in [5.41, 5.74) is 5.57. The van der Waals surface area contributed by atoms with Crippen molar-refractivity contribution >= 4 is 17.6 Å². The molecule has 0 radical (unpaired) electrons. The maximum atomic E-state index is 12.8. The van der Waals surface area contributed by atoms with Gasteiger partial charge in [-0.15, -0.1) is 0 Å². The van der Waals surface area contributed by atoms with Crippen LogP contribution in [0.2, 0.25) is 0 Å². The van der Waals surface area contributed by atoms with E-state index in [1.807, 2.05) is 0 Å². The molecule has 2 rings (SSSR count). The third kappa shape index (κ3) is 5.62. The summed E-state index contributed by atoms with van der Waals surface area (Å²) < 4.78 is 49.1. The Morgan fingerprint density at radius 2 is 1.90 bits per heavy atom. The number of hydrogen-bond donors (Lipinski definition) is 2. The zero-order chi connectivity index (χ0) is 22.5. The van der Waals surface area contributed by atoms with Crippen molar-refractivity contribution < 1.29 is 32.2 Å². The average molecular weight is 425 g/mol. The van der Waals surface area contributed by atoms with Crippen molar-refractivity contribution in [2.24, 2.45) is 5.73 Å². The molecule has 1 aromatic carbocycles. The molecule has 0 fully saturated rings. The van der Waals surface area contributed by atoms with Crippen LogP contribution >= 0.6 is 0 Å². The zero-order valence-corrected chi connectivity index (χ0v) is 16.7. The second kappa shape index (κ2) is 9.47. The topological polar surface area (TPSA) is 104 Å². The van der Waals surface area contributed by atoms with Gasteiger partial charge in [-0.25, -0.2) is 4.98 Å². The summed E-state index contributed by atoms with van der Waals surface area (Å²) >= 11 is 0. The smallest absolute Gasteiger partial charge is 0.416 e. The van der Waals surface area contributed by atoms with Gasteiger partial charge >= 0.3 is 6.18 Å². The van der Waals surface area contributed by atoms with Crippen LogP contribution in [0.4, 0.5) is 19.0 Å². The number of aryl methyl sites for hydroxylation is 1. The summed E-state index contributed by atoms with van der Waals surface area (Å²) in [4.78, 5) is 27.6. The molecule has 10 heteroatoms. The lowest BCUT2D eigenvalue weighted by atomic mass is 10.1. The normalized spacial score (nSPS) is 11.1. The summed E-state index contributed by atoms with van der Waals surface area (Å²) in [6, 6.07) is 4.43. The lowest BCUT2D eigenvalue weighted by Crippen LogP contribution is -2.19. The maximum Gasteiger partial charge on any atom is 0.416 e. The first kappa shape index (κ1) is 23.0. The van der Waals surface area contributed by atoms with Crippen LogP contribution in [-0.2, 0) is 17.4 Å². The summed E-state index contributed by atoms with van der Waals surface area (Å²) in [5.74, 6) is -0.600. The molecule has 162 valence electrons. The monoisotopic (exact) mass is 425 g/mol. The van der Waals surface area contributed by atoms with E-state index in [0.29, 0.717) is 11.3 Å². The number of ether oxygens (including phenoxy) is 2. The van der Waals surface area contributed by atoms with Gasteiger partial charge in [0.25, 0.3) is 5.91 Å². The van der Waals surface area contributed by atoms with Gasteiger partial charge < -0.3 is 20.5 Å². The van der Waals surface area contributed by atoms with E-state index in [1.165, 1.54) is 19.2 Å². The van der Waals surface area contributed by atoms with E-state index in [-0.39, 0.29) is 48.2 Å². The minimum Gasteiger partial charge on any atom is -0.493 e. The van der Waals surface area contributed by atoms with Crippen LogP contribution in [0.15, 0.2) is 24.3 Å². The van der Waals surface area contributed by atoms with E-state index in [9.17, 15) is 22.8 Å². The largest absolute Gasteiger partial charge is 0.493 e. The highest BCUT2D eigenvalue weighted by molar-refractivity contribution is 5.95. The first-order valence-electron chi connectivity index (χ1n) is 9.05. The van der Waals surface area contributed by atoms with Gasteiger partial charge in [-0.05, 0) is 36.8 Å². The number of pyridine rings is 1. The van der Waals surface area contributed by atoms with Crippen molar-refractivity contribution in [1.29, 1.82) is 0 Å². The van der Waals surface area contributed by atoms with Gasteiger partial charge in [-0.1, -0.05) is 6.92 Å². The number of benzene rings is 1. The van der Waals surface area contributed by atoms with Crippen molar-refractivity contribution in [2.75, 3.05) is 19.0 Å². The molecule has 7 nitrogen and oxygen atoms in total. The molecule has 0 atom stereocenters. The van der Waals surface area contributed by atoms with E-state index >= 15 is 0 Å². The molecule has 2 aromatic rings. The molecule has 2 amide bonds. The molecule has 0 unspecified atom stereocenters. The van der Waals surface area contributed by atoms with E-state index in [2.05, 4.69) is 10.3 Å². The van der Waals surface area contributed by atoms with Crippen molar-refractivity contribution in [3.05, 3.63) is 46.6 Å². The number of rotatable bonds is 8. The van der Waals surface area contributed by atoms with Crippen molar-refractivity contribution in [3.63, 3.8) is 0 Å². The van der Waals surface area contributed by atoms with Crippen LogP contribution in [0, 0.1) is 6.92 Å².